The van der Waals surface area contributed by atoms with Crippen molar-refractivity contribution in [1.29, 1.82) is 0 Å². The second-order valence-corrected chi connectivity index (χ2v) is 5.68. The van der Waals surface area contributed by atoms with Crippen LogP contribution in [0.1, 0.15) is 10.4 Å². The van der Waals surface area contributed by atoms with E-state index in [9.17, 15) is 4.79 Å². The highest BCUT2D eigenvalue weighted by atomic mass is 32.2. The third-order valence-electron chi connectivity index (χ3n) is 3.29. The van der Waals surface area contributed by atoms with Gasteiger partial charge in [-0.1, -0.05) is 12.1 Å². The molecule has 23 heavy (non-hydrogen) atoms. The summed E-state index contributed by atoms with van der Waals surface area (Å²) in [5.74, 6) is -0.197. The summed E-state index contributed by atoms with van der Waals surface area (Å²) in [6.07, 6.45) is 5.35. The maximum atomic E-state index is 12.6. The zero-order chi connectivity index (χ0) is 16.1. The molecule has 0 atom stereocenters. The van der Waals surface area contributed by atoms with Gasteiger partial charge < -0.3 is 5.32 Å². The third-order valence-corrected chi connectivity index (χ3v) is 4.01. The van der Waals surface area contributed by atoms with Crippen molar-refractivity contribution in [2.45, 2.75) is 4.90 Å². The molecule has 0 aliphatic carbocycles. The highest BCUT2D eigenvalue weighted by Gasteiger charge is 2.14. The van der Waals surface area contributed by atoms with Gasteiger partial charge in [0.25, 0.3) is 5.91 Å². The van der Waals surface area contributed by atoms with Crippen molar-refractivity contribution < 1.29 is 4.79 Å². The Hall–Kier alpha value is -2.66. The molecule has 0 fully saturated rings. The van der Waals surface area contributed by atoms with Gasteiger partial charge in [-0.25, -0.2) is 0 Å². The highest BCUT2D eigenvalue weighted by Crippen LogP contribution is 2.22. The molecule has 0 saturated carbocycles. The van der Waals surface area contributed by atoms with Crippen molar-refractivity contribution in [3.63, 3.8) is 0 Å². The van der Waals surface area contributed by atoms with Crippen LogP contribution in [0.3, 0.4) is 0 Å². The Bertz CT molecular complexity index is 821. The van der Waals surface area contributed by atoms with Crippen LogP contribution in [0.4, 0.5) is 5.69 Å². The summed E-state index contributed by atoms with van der Waals surface area (Å²) < 4.78 is 0. The molecule has 2 aromatic heterocycles. The van der Waals surface area contributed by atoms with Crippen molar-refractivity contribution in [2.24, 2.45) is 0 Å². The standard InChI is InChI=1S/C18H15N3OS/c1-23-14-7-4-6-13(12-14)21-18(22)15-8-5-11-20-17(15)16-9-2-3-10-19-16/h2-12H,1H3,(H,21,22). The molecule has 2 heterocycles. The zero-order valence-electron chi connectivity index (χ0n) is 12.6. The van der Waals surface area contributed by atoms with Gasteiger partial charge in [-0.05, 0) is 48.7 Å². The largest absolute Gasteiger partial charge is 0.322 e. The first-order chi connectivity index (χ1) is 11.3. The fourth-order valence-electron chi connectivity index (χ4n) is 2.19. The van der Waals surface area contributed by atoms with Gasteiger partial charge in [0.1, 0.15) is 5.69 Å². The molecule has 1 aromatic carbocycles. The molecule has 0 saturated heterocycles. The number of hydrogen-bond acceptors (Lipinski definition) is 4. The van der Waals surface area contributed by atoms with Crippen molar-refractivity contribution in [3.8, 4) is 11.4 Å². The Morgan fingerprint density at radius 3 is 2.65 bits per heavy atom. The number of anilines is 1. The molecule has 0 spiro atoms. The highest BCUT2D eigenvalue weighted by molar-refractivity contribution is 7.98. The minimum atomic E-state index is -0.197. The lowest BCUT2D eigenvalue weighted by Gasteiger charge is -2.09. The molecule has 5 heteroatoms. The number of nitrogens with zero attached hydrogens (tertiary/aromatic N) is 2. The molecular weight excluding hydrogens is 306 g/mol. The minimum Gasteiger partial charge on any atom is -0.322 e. The van der Waals surface area contributed by atoms with Crippen LogP contribution in [-0.2, 0) is 0 Å². The first-order valence-electron chi connectivity index (χ1n) is 7.10. The van der Waals surface area contributed by atoms with Crippen molar-refractivity contribution >= 4 is 23.4 Å². The Morgan fingerprint density at radius 2 is 1.87 bits per heavy atom. The molecule has 4 nitrogen and oxygen atoms in total. The Balaban J connectivity index is 1.91. The zero-order valence-corrected chi connectivity index (χ0v) is 13.4. The van der Waals surface area contributed by atoms with E-state index in [0.717, 1.165) is 10.6 Å². The van der Waals surface area contributed by atoms with Crippen LogP contribution in [0.25, 0.3) is 11.4 Å². The van der Waals surface area contributed by atoms with Crippen molar-refractivity contribution in [3.05, 3.63) is 72.6 Å². The van der Waals surface area contributed by atoms with Gasteiger partial charge in [-0.15, -0.1) is 11.8 Å². The Morgan fingerprint density at radius 1 is 1.00 bits per heavy atom. The van der Waals surface area contributed by atoms with E-state index in [4.69, 9.17) is 0 Å². The number of thioether (sulfide) groups is 1. The lowest BCUT2D eigenvalue weighted by Crippen LogP contribution is -2.14. The number of carbonyl (C=O) groups excluding carboxylic acids is 1. The maximum Gasteiger partial charge on any atom is 0.257 e. The number of benzene rings is 1. The predicted octanol–water partition coefficient (Wildman–Crippen LogP) is 4.12. The summed E-state index contributed by atoms with van der Waals surface area (Å²) in [4.78, 5) is 22.3. The molecule has 0 aliphatic rings. The van der Waals surface area contributed by atoms with Gasteiger partial charge in [0.05, 0.1) is 11.3 Å². The topological polar surface area (TPSA) is 54.9 Å². The first kappa shape index (κ1) is 15.2. The number of pyridine rings is 2. The van der Waals surface area contributed by atoms with Crippen LogP contribution < -0.4 is 5.32 Å². The Kier molecular flexibility index (Phi) is 4.68. The average Bonchev–Trinajstić information content (AvgIpc) is 2.62. The second-order valence-electron chi connectivity index (χ2n) is 4.80. The monoisotopic (exact) mass is 321 g/mol. The molecule has 0 aliphatic heterocycles. The van der Waals surface area contributed by atoms with Crippen LogP contribution in [0.15, 0.2) is 71.9 Å². The summed E-state index contributed by atoms with van der Waals surface area (Å²) in [7, 11) is 0. The number of hydrogen-bond donors (Lipinski definition) is 1. The molecule has 3 rings (SSSR count). The second kappa shape index (κ2) is 7.07. The summed E-state index contributed by atoms with van der Waals surface area (Å²) in [5.41, 5.74) is 2.51. The van der Waals surface area contributed by atoms with E-state index in [1.807, 2.05) is 48.7 Å². The number of rotatable bonds is 4. The van der Waals surface area contributed by atoms with Gasteiger partial charge in [0.2, 0.25) is 0 Å². The molecular formula is C18H15N3OS. The quantitative estimate of drug-likeness (QED) is 0.735. The van der Waals surface area contributed by atoms with E-state index in [2.05, 4.69) is 15.3 Å². The molecule has 1 amide bonds. The molecule has 0 unspecified atom stereocenters. The normalized spacial score (nSPS) is 10.3. The number of carbonyl (C=O) groups is 1. The summed E-state index contributed by atoms with van der Waals surface area (Å²) >= 11 is 1.63. The van der Waals surface area contributed by atoms with E-state index >= 15 is 0 Å². The maximum absolute atomic E-state index is 12.6. The van der Waals surface area contributed by atoms with Gasteiger partial charge in [0, 0.05) is 23.0 Å². The van der Waals surface area contributed by atoms with Gasteiger partial charge in [-0.2, -0.15) is 0 Å². The van der Waals surface area contributed by atoms with Gasteiger partial charge in [-0.3, -0.25) is 14.8 Å². The van der Waals surface area contributed by atoms with E-state index in [0.29, 0.717) is 17.0 Å². The van der Waals surface area contributed by atoms with E-state index in [1.165, 1.54) is 0 Å². The number of amides is 1. The van der Waals surface area contributed by atoms with Crippen molar-refractivity contribution in [1.82, 2.24) is 9.97 Å². The van der Waals surface area contributed by atoms with Crippen LogP contribution >= 0.6 is 11.8 Å². The number of aromatic nitrogens is 2. The smallest absolute Gasteiger partial charge is 0.257 e. The lowest BCUT2D eigenvalue weighted by molar-refractivity contribution is 0.102. The molecule has 0 radical (unpaired) electrons. The summed E-state index contributed by atoms with van der Waals surface area (Å²) in [6, 6.07) is 16.8. The predicted molar refractivity (Wildman–Crippen MR) is 93.6 cm³/mol. The average molecular weight is 321 g/mol. The summed E-state index contributed by atoms with van der Waals surface area (Å²) in [6.45, 7) is 0. The van der Waals surface area contributed by atoms with Crippen LogP contribution in [0, 0.1) is 0 Å². The van der Waals surface area contributed by atoms with Gasteiger partial charge >= 0.3 is 0 Å². The summed E-state index contributed by atoms with van der Waals surface area (Å²) in [5, 5.41) is 2.92. The van der Waals surface area contributed by atoms with Gasteiger partial charge in [0.15, 0.2) is 0 Å². The van der Waals surface area contributed by atoms with E-state index in [-0.39, 0.29) is 5.91 Å². The molecule has 0 bridgehead atoms. The molecule has 1 N–H and O–H groups in total. The molecule has 114 valence electrons. The molecule has 3 aromatic rings. The van der Waals surface area contributed by atoms with Crippen LogP contribution in [-0.4, -0.2) is 22.1 Å². The first-order valence-corrected chi connectivity index (χ1v) is 8.32. The SMILES string of the molecule is CSc1cccc(NC(=O)c2cccnc2-c2ccccn2)c1. The van der Waals surface area contributed by atoms with Crippen LogP contribution in [0.2, 0.25) is 0 Å². The lowest BCUT2D eigenvalue weighted by atomic mass is 10.1. The third kappa shape index (κ3) is 3.57. The fraction of sp³-hybridized carbons (Fsp3) is 0.0556. The number of nitrogens with one attached hydrogen (secondary N) is 1. The Labute approximate surface area is 139 Å². The van der Waals surface area contributed by atoms with E-state index in [1.54, 1.807) is 36.3 Å². The minimum absolute atomic E-state index is 0.197. The van der Waals surface area contributed by atoms with Crippen LogP contribution in [0.5, 0.6) is 0 Å². The van der Waals surface area contributed by atoms with Crippen molar-refractivity contribution in [2.75, 3.05) is 11.6 Å². The van der Waals surface area contributed by atoms with E-state index < -0.39 is 0 Å². The fourth-order valence-corrected chi connectivity index (χ4v) is 2.65.